The van der Waals surface area contributed by atoms with Gasteiger partial charge in [0.05, 0.1) is 50.6 Å². The highest BCUT2D eigenvalue weighted by molar-refractivity contribution is 5.65. The van der Waals surface area contributed by atoms with Gasteiger partial charge >= 0.3 is 0 Å². The molecule has 1 aromatic heterocycles. The Morgan fingerprint density at radius 2 is 1.84 bits per heavy atom. The fraction of sp³-hybridized carbons (Fsp3) is 0.615. The van der Waals surface area contributed by atoms with E-state index >= 15 is 0 Å². The minimum absolute atomic E-state index is 0.587. The summed E-state index contributed by atoms with van der Waals surface area (Å²) in [5, 5.41) is 0. The van der Waals surface area contributed by atoms with Crippen LogP contribution in [0, 0.1) is 0 Å². The fourth-order valence-corrected chi connectivity index (χ4v) is 1.53. The van der Waals surface area contributed by atoms with Crippen LogP contribution in [-0.2, 0) is 14.2 Å². The molecule has 6 nitrogen and oxygen atoms in total. The van der Waals surface area contributed by atoms with Crippen molar-refractivity contribution in [2.75, 3.05) is 64.4 Å². The van der Waals surface area contributed by atoms with Gasteiger partial charge in [-0.1, -0.05) is 0 Å². The number of hydrogen-bond acceptors (Lipinski definition) is 6. The predicted molar refractivity (Wildman–Crippen MR) is 75.4 cm³/mol. The Morgan fingerprint density at radius 1 is 1.16 bits per heavy atom. The van der Waals surface area contributed by atoms with Gasteiger partial charge in [-0.15, -0.1) is 0 Å². The van der Waals surface area contributed by atoms with Crippen LogP contribution < -0.4 is 10.6 Å². The third-order valence-corrected chi connectivity index (χ3v) is 2.61. The zero-order valence-electron chi connectivity index (χ0n) is 11.7. The summed E-state index contributed by atoms with van der Waals surface area (Å²) in [6.07, 6.45) is 3.38. The summed E-state index contributed by atoms with van der Waals surface area (Å²) < 4.78 is 15.6. The van der Waals surface area contributed by atoms with Gasteiger partial charge in [-0.3, -0.25) is 4.98 Å². The molecule has 0 amide bonds. The zero-order chi connectivity index (χ0) is 13.9. The van der Waals surface area contributed by atoms with Gasteiger partial charge in [0.25, 0.3) is 0 Å². The second kappa shape index (κ2) is 9.55. The van der Waals surface area contributed by atoms with Gasteiger partial charge in [0, 0.05) is 26.9 Å². The van der Waals surface area contributed by atoms with Crippen LogP contribution in [0.5, 0.6) is 0 Å². The van der Waals surface area contributed by atoms with E-state index in [1.165, 1.54) is 0 Å². The number of rotatable bonds is 10. The number of nitrogen functional groups attached to an aromatic ring is 1. The lowest BCUT2D eigenvalue weighted by atomic mass is 10.3. The summed E-state index contributed by atoms with van der Waals surface area (Å²) in [7, 11) is 3.63. The van der Waals surface area contributed by atoms with Crippen LogP contribution in [0.25, 0.3) is 0 Å². The lowest BCUT2D eigenvalue weighted by Gasteiger charge is -2.20. The Labute approximate surface area is 114 Å². The van der Waals surface area contributed by atoms with E-state index in [1.54, 1.807) is 19.5 Å². The topological polar surface area (TPSA) is 69.8 Å². The van der Waals surface area contributed by atoms with Gasteiger partial charge in [0.15, 0.2) is 0 Å². The van der Waals surface area contributed by atoms with Gasteiger partial charge in [-0.2, -0.15) is 0 Å². The highest BCUT2D eigenvalue weighted by Crippen LogP contribution is 2.19. The fourth-order valence-electron chi connectivity index (χ4n) is 1.53. The first-order valence-electron chi connectivity index (χ1n) is 6.30. The van der Waals surface area contributed by atoms with E-state index in [4.69, 9.17) is 19.9 Å². The van der Waals surface area contributed by atoms with Gasteiger partial charge < -0.3 is 24.8 Å². The Balaban J connectivity index is 2.08. The summed E-state index contributed by atoms with van der Waals surface area (Å²) in [6.45, 7) is 3.80. The van der Waals surface area contributed by atoms with Crippen molar-refractivity contribution in [3.05, 3.63) is 18.5 Å². The molecule has 0 aromatic carbocycles. The lowest BCUT2D eigenvalue weighted by Crippen LogP contribution is -2.24. The van der Waals surface area contributed by atoms with Gasteiger partial charge in [0.2, 0.25) is 0 Å². The number of nitrogens with two attached hydrogens (primary N) is 1. The number of likely N-dealkylation sites (N-methyl/N-ethyl adjacent to an activating group) is 1. The molecule has 0 bridgehead atoms. The van der Waals surface area contributed by atoms with Crippen molar-refractivity contribution in [3.8, 4) is 0 Å². The molecule has 19 heavy (non-hydrogen) atoms. The quantitative estimate of drug-likeness (QED) is 0.633. The molecule has 0 atom stereocenters. The first-order valence-corrected chi connectivity index (χ1v) is 6.30. The molecular weight excluding hydrogens is 246 g/mol. The minimum Gasteiger partial charge on any atom is -0.396 e. The number of hydrogen-bond donors (Lipinski definition) is 1. The summed E-state index contributed by atoms with van der Waals surface area (Å²) >= 11 is 0. The third kappa shape index (κ3) is 6.37. The van der Waals surface area contributed by atoms with Crippen molar-refractivity contribution < 1.29 is 14.2 Å². The SMILES string of the molecule is COCCOCCOCCN(C)c1ccncc1N. The molecule has 0 aliphatic carbocycles. The van der Waals surface area contributed by atoms with Crippen molar-refractivity contribution in [1.82, 2.24) is 4.98 Å². The summed E-state index contributed by atoms with van der Waals surface area (Å²) in [4.78, 5) is 6.01. The van der Waals surface area contributed by atoms with Crippen LogP contribution in [-0.4, -0.2) is 58.7 Å². The van der Waals surface area contributed by atoms with Crippen LogP contribution in [0.1, 0.15) is 0 Å². The smallest absolute Gasteiger partial charge is 0.0738 e. The molecule has 0 unspecified atom stereocenters. The Kier molecular flexibility index (Phi) is 7.88. The maximum Gasteiger partial charge on any atom is 0.0738 e. The second-order valence-corrected chi connectivity index (χ2v) is 4.07. The van der Waals surface area contributed by atoms with Crippen LogP contribution in [0.3, 0.4) is 0 Å². The number of aromatic nitrogens is 1. The molecule has 0 aliphatic heterocycles. The minimum atomic E-state index is 0.587. The molecule has 108 valence electrons. The predicted octanol–water partition coefficient (Wildman–Crippen LogP) is 0.780. The average molecular weight is 269 g/mol. The summed E-state index contributed by atoms with van der Waals surface area (Å²) in [5.41, 5.74) is 7.48. The maximum atomic E-state index is 5.84. The first-order chi connectivity index (χ1) is 9.25. The third-order valence-electron chi connectivity index (χ3n) is 2.61. The lowest BCUT2D eigenvalue weighted by molar-refractivity contribution is 0.0266. The first kappa shape index (κ1) is 15.7. The van der Waals surface area contributed by atoms with E-state index in [2.05, 4.69) is 4.98 Å². The molecular formula is C13H23N3O3. The molecule has 1 aromatic rings. The number of anilines is 2. The standard InChI is InChI=1S/C13H23N3O3/c1-16(13-3-4-15-11-12(13)14)5-6-18-9-10-19-8-7-17-2/h3-4,11H,5-10,14H2,1-2H3. The number of methoxy groups -OCH3 is 1. The van der Waals surface area contributed by atoms with E-state index in [1.807, 2.05) is 18.0 Å². The van der Waals surface area contributed by atoms with Crippen LogP contribution in [0.15, 0.2) is 18.5 Å². The van der Waals surface area contributed by atoms with Gasteiger partial charge in [-0.25, -0.2) is 0 Å². The van der Waals surface area contributed by atoms with Gasteiger partial charge in [0.1, 0.15) is 0 Å². The van der Waals surface area contributed by atoms with E-state index in [-0.39, 0.29) is 0 Å². The second-order valence-electron chi connectivity index (χ2n) is 4.07. The van der Waals surface area contributed by atoms with E-state index in [0.717, 1.165) is 12.2 Å². The van der Waals surface area contributed by atoms with E-state index < -0.39 is 0 Å². The molecule has 0 radical (unpaired) electrons. The number of pyridine rings is 1. The molecule has 0 aliphatic rings. The highest BCUT2D eigenvalue weighted by atomic mass is 16.5. The molecule has 0 saturated heterocycles. The molecule has 6 heteroatoms. The Hall–Kier alpha value is -1.37. The Bertz CT molecular complexity index is 350. The molecule has 1 heterocycles. The molecule has 0 fully saturated rings. The van der Waals surface area contributed by atoms with Crippen LogP contribution in [0.4, 0.5) is 11.4 Å². The normalized spacial score (nSPS) is 10.6. The molecule has 0 spiro atoms. The Morgan fingerprint density at radius 3 is 2.53 bits per heavy atom. The number of nitrogens with zero attached hydrogens (tertiary/aromatic N) is 2. The highest BCUT2D eigenvalue weighted by Gasteiger charge is 2.04. The van der Waals surface area contributed by atoms with Crippen molar-refractivity contribution in [2.24, 2.45) is 0 Å². The van der Waals surface area contributed by atoms with Crippen molar-refractivity contribution in [3.63, 3.8) is 0 Å². The largest absolute Gasteiger partial charge is 0.396 e. The molecule has 1 rings (SSSR count). The number of ether oxygens (including phenoxy) is 3. The maximum absolute atomic E-state index is 5.84. The van der Waals surface area contributed by atoms with Crippen molar-refractivity contribution in [2.45, 2.75) is 0 Å². The molecule has 2 N–H and O–H groups in total. The zero-order valence-corrected chi connectivity index (χ0v) is 11.7. The van der Waals surface area contributed by atoms with Crippen molar-refractivity contribution in [1.29, 1.82) is 0 Å². The summed E-state index contributed by atoms with van der Waals surface area (Å²) in [6, 6.07) is 1.89. The molecule has 0 saturated carbocycles. The van der Waals surface area contributed by atoms with Crippen LogP contribution in [0.2, 0.25) is 0 Å². The van der Waals surface area contributed by atoms with Crippen molar-refractivity contribution >= 4 is 11.4 Å². The van der Waals surface area contributed by atoms with Gasteiger partial charge in [-0.05, 0) is 6.07 Å². The van der Waals surface area contributed by atoms with Crippen LogP contribution >= 0.6 is 0 Å². The van der Waals surface area contributed by atoms with E-state index in [0.29, 0.717) is 38.7 Å². The van der Waals surface area contributed by atoms with E-state index in [9.17, 15) is 0 Å². The average Bonchev–Trinajstić information content (AvgIpc) is 2.42. The monoisotopic (exact) mass is 269 g/mol. The summed E-state index contributed by atoms with van der Waals surface area (Å²) in [5.74, 6) is 0.